The number of rotatable bonds is 1. The molecule has 0 fully saturated rings. The van der Waals surface area contributed by atoms with Gasteiger partial charge in [0.05, 0.1) is 21.2 Å². The zero-order valence-electron chi connectivity index (χ0n) is 10.8. The molecule has 2 aromatic carbocycles. The molecule has 0 radical (unpaired) electrons. The van der Waals surface area contributed by atoms with E-state index >= 15 is 0 Å². The predicted molar refractivity (Wildman–Crippen MR) is 83.1 cm³/mol. The number of aromatic nitrogens is 2. The van der Waals surface area contributed by atoms with E-state index in [2.05, 4.69) is 9.97 Å². The first kappa shape index (κ1) is 12.2. The molecule has 0 saturated heterocycles. The summed E-state index contributed by atoms with van der Waals surface area (Å²) in [4.78, 5) is 19.1. The molecule has 2 aromatic heterocycles. The van der Waals surface area contributed by atoms with Crippen LogP contribution in [0.5, 0.6) is 0 Å². The Balaban J connectivity index is 2.04. The van der Waals surface area contributed by atoms with Crippen LogP contribution in [0.25, 0.3) is 32.4 Å². The van der Waals surface area contributed by atoms with Gasteiger partial charge in [-0.3, -0.25) is 4.79 Å². The average Bonchev–Trinajstić information content (AvgIpc) is 2.97. The van der Waals surface area contributed by atoms with Gasteiger partial charge in [-0.1, -0.05) is 18.2 Å². The molecular formula is C16H9FN2OS. The lowest BCUT2D eigenvalue weighted by atomic mass is 10.1. The zero-order chi connectivity index (χ0) is 14.4. The zero-order valence-corrected chi connectivity index (χ0v) is 11.6. The second-order valence-corrected chi connectivity index (χ2v) is 5.61. The van der Waals surface area contributed by atoms with Crippen molar-refractivity contribution in [2.75, 3.05) is 0 Å². The van der Waals surface area contributed by atoms with Crippen LogP contribution >= 0.6 is 11.3 Å². The van der Waals surface area contributed by atoms with Gasteiger partial charge >= 0.3 is 0 Å². The summed E-state index contributed by atoms with van der Waals surface area (Å²) < 4.78 is 15.1. The summed E-state index contributed by atoms with van der Waals surface area (Å²) in [7, 11) is 0. The summed E-state index contributed by atoms with van der Waals surface area (Å²) in [6.45, 7) is 0. The maximum atomic E-state index is 14.6. The Kier molecular flexibility index (Phi) is 2.62. The minimum absolute atomic E-state index is 0.256. The van der Waals surface area contributed by atoms with Gasteiger partial charge in [0.25, 0.3) is 5.56 Å². The molecule has 0 aliphatic carbocycles. The molecule has 4 rings (SSSR count). The van der Waals surface area contributed by atoms with Gasteiger partial charge in [0.15, 0.2) is 5.82 Å². The van der Waals surface area contributed by atoms with Crippen LogP contribution in [-0.2, 0) is 0 Å². The molecule has 1 N–H and O–H groups in total. The number of fused-ring (bicyclic) bond motifs is 2. The van der Waals surface area contributed by atoms with E-state index in [1.54, 1.807) is 30.3 Å². The van der Waals surface area contributed by atoms with Gasteiger partial charge in [0.2, 0.25) is 0 Å². The molecule has 2 heterocycles. The highest BCUT2D eigenvalue weighted by Crippen LogP contribution is 2.30. The summed E-state index contributed by atoms with van der Waals surface area (Å²) in [5.41, 5.74) is 0.607. The molecule has 0 spiro atoms. The van der Waals surface area contributed by atoms with Crippen LogP contribution in [0, 0.1) is 5.82 Å². The Bertz CT molecular complexity index is 1040. The summed E-state index contributed by atoms with van der Waals surface area (Å²) in [6.07, 6.45) is 0. The number of benzene rings is 2. The lowest BCUT2D eigenvalue weighted by Gasteiger charge is -2.05. The van der Waals surface area contributed by atoms with Crippen molar-refractivity contribution >= 4 is 32.3 Å². The molecule has 0 bridgehead atoms. The fourth-order valence-corrected chi connectivity index (χ4v) is 3.23. The number of hydrogen-bond donors (Lipinski definition) is 1. The number of thiophene rings is 1. The first-order valence-electron chi connectivity index (χ1n) is 6.39. The van der Waals surface area contributed by atoms with E-state index in [0.29, 0.717) is 21.2 Å². The normalized spacial score (nSPS) is 11.3. The number of nitrogens with one attached hydrogen (secondary N) is 1. The third-order valence-electron chi connectivity index (χ3n) is 3.43. The van der Waals surface area contributed by atoms with Crippen molar-refractivity contribution in [1.29, 1.82) is 0 Å². The van der Waals surface area contributed by atoms with Crippen LogP contribution in [0.3, 0.4) is 0 Å². The average molecular weight is 296 g/mol. The molecule has 0 amide bonds. The number of H-pyrrole nitrogens is 1. The number of halogens is 1. The summed E-state index contributed by atoms with van der Waals surface area (Å²) in [6, 6.07) is 12.4. The highest BCUT2D eigenvalue weighted by molar-refractivity contribution is 7.17. The monoisotopic (exact) mass is 296 g/mol. The quantitative estimate of drug-likeness (QED) is 0.578. The summed E-state index contributed by atoms with van der Waals surface area (Å²) in [5, 5.41) is 3.19. The van der Waals surface area contributed by atoms with E-state index in [1.807, 2.05) is 17.5 Å². The van der Waals surface area contributed by atoms with Crippen molar-refractivity contribution in [2.45, 2.75) is 0 Å². The van der Waals surface area contributed by atoms with Crippen LogP contribution in [-0.4, -0.2) is 9.97 Å². The molecule has 0 unspecified atom stereocenters. The first-order valence-corrected chi connectivity index (χ1v) is 7.27. The molecule has 102 valence electrons. The van der Waals surface area contributed by atoms with Crippen LogP contribution in [0.15, 0.2) is 52.6 Å². The van der Waals surface area contributed by atoms with E-state index < -0.39 is 0 Å². The first-order chi connectivity index (χ1) is 10.2. The predicted octanol–water partition coefficient (Wildman–Crippen LogP) is 3.94. The third-order valence-corrected chi connectivity index (χ3v) is 4.35. The van der Waals surface area contributed by atoms with Gasteiger partial charge in [-0.05, 0) is 35.0 Å². The Morgan fingerprint density at radius 2 is 1.95 bits per heavy atom. The van der Waals surface area contributed by atoms with Crippen LogP contribution in [0.4, 0.5) is 4.39 Å². The molecule has 0 atom stereocenters. The third kappa shape index (κ3) is 1.86. The van der Waals surface area contributed by atoms with E-state index in [0.717, 1.165) is 5.39 Å². The number of nitrogens with zero attached hydrogens (tertiary/aromatic N) is 1. The molecular weight excluding hydrogens is 287 g/mol. The van der Waals surface area contributed by atoms with Gasteiger partial charge in [-0.15, -0.1) is 11.3 Å². The van der Waals surface area contributed by atoms with Gasteiger partial charge < -0.3 is 4.98 Å². The maximum absolute atomic E-state index is 14.6. The molecule has 21 heavy (non-hydrogen) atoms. The van der Waals surface area contributed by atoms with Crippen LogP contribution in [0.1, 0.15) is 0 Å². The standard InChI is InChI=1S/C16H9FN2OS/c17-13-11(6-5-9-7-8-21-14(9)13)15-18-12-4-2-1-3-10(12)16(20)19-15/h1-8H,(H,18,19,20). The maximum Gasteiger partial charge on any atom is 0.259 e. The Hall–Kier alpha value is -2.53. The largest absolute Gasteiger partial charge is 0.306 e. The number of hydrogen-bond acceptors (Lipinski definition) is 3. The molecule has 3 nitrogen and oxygen atoms in total. The van der Waals surface area contributed by atoms with Gasteiger partial charge in [0, 0.05) is 0 Å². The van der Waals surface area contributed by atoms with E-state index in [1.165, 1.54) is 11.3 Å². The lowest BCUT2D eigenvalue weighted by molar-refractivity contribution is 0.643. The topological polar surface area (TPSA) is 45.8 Å². The van der Waals surface area contributed by atoms with Gasteiger partial charge in [-0.2, -0.15) is 0 Å². The molecule has 0 saturated carbocycles. The summed E-state index contributed by atoms with van der Waals surface area (Å²) >= 11 is 1.34. The van der Waals surface area contributed by atoms with Crippen LogP contribution in [0.2, 0.25) is 0 Å². The smallest absolute Gasteiger partial charge is 0.259 e. The van der Waals surface area contributed by atoms with Crippen molar-refractivity contribution in [3.63, 3.8) is 0 Å². The minimum atomic E-state index is -0.346. The van der Waals surface area contributed by atoms with E-state index in [-0.39, 0.29) is 17.2 Å². The number of para-hydroxylation sites is 1. The number of aromatic amines is 1. The Labute approximate surface area is 122 Å². The van der Waals surface area contributed by atoms with Crippen molar-refractivity contribution in [3.8, 4) is 11.4 Å². The lowest BCUT2D eigenvalue weighted by Crippen LogP contribution is -2.09. The highest BCUT2D eigenvalue weighted by Gasteiger charge is 2.13. The van der Waals surface area contributed by atoms with Crippen molar-refractivity contribution < 1.29 is 4.39 Å². The van der Waals surface area contributed by atoms with Crippen molar-refractivity contribution in [2.24, 2.45) is 0 Å². The summed E-state index contributed by atoms with van der Waals surface area (Å²) in [5.74, 6) is -0.0903. The second kappa shape index (κ2) is 4.49. The SMILES string of the molecule is O=c1[nH]c(-c2ccc3ccsc3c2F)nc2ccccc12. The van der Waals surface area contributed by atoms with E-state index in [4.69, 9.17) is 0 Å². The Morgan fingerprint density at radius 3 is 2.86 bits per heavy atom. The van der Waals surface area contributed by atoms with Crippen LogP contribution < -0.4 is 5.56 Å². The molecule has 0 aliphatic rings. The fourth-order valence-electron chi connectivity index (χ4n) is 2.39. The Morgan fingerprint density at radius 1 is 1.10 bits per heavy atom. The fraction of sp³-hybridized carbons (Fsp3) is 0. The van der Waals surface area contributed by atoms with Crippen molar-refractivity contribution in [1.82, 2.24) is 9.97 Å². The second-order valence-electron chi connectivity index (χ2n) is 4.70. The van der Waals surface area contributed by atoms with E-state index in [9.17, 15) is 9.18 Å². The molecule has 5 heteroatoms. The van der Waals surface area contributed by atoms with Gasteiger partial charge in [-0.25, -0.2) is 9.37 Å². The minimum Gasteiger partial charge on any atom is -0.306 e. The van der Waals surface area contributed by atoms with Gasteiger partial charge in [0.1, 0.15) is 5.82 Å². The van der Waals surface area contributed by atoms with Crippen molar-refractivity contribution in [3.05, 3.63) is 64.0 Å². The molecule has 0 aliphatic heterocycles. The highest BCUT2D eigenvalue weighted by atomic mass is 32.1. The molecule has 4 aromatic rings.